The van der Waals surface area contributed by atoms with Gasteiger partial charge in [0.1, 0.15) is 6.21 Å². The molecule has 0 saturated carbocycles. The van der Waals surface area contributed by atoms with Gasteiger partial charge in [0.25, 0.3) is 0 Å². The first-order valence-electron chi connectivity index (χ1n) is 8.36. The lowest BCUT2D eigenvalue weighted by Crippen LogP contribution is -2.49. The lowest BCUT2D eigenvalue weighted by Gasteiger charge is -2.41. The van der Waals surface area contributed by atoms with Crippen LogP contribution >= 0.6 is 0 Å². The van der Waals surface area contributed by atoms with Crippen molar-refractivity contribution in [3.63, 3.8) is 0 Å². The molecule has 1 aromatic rings. The molecular formula is C21H19N2+. The van der Waals surface area contributed by atoms with Crippen LogP contribution in [-0.2, 0) is 6.54 Å². The lowest BCUT2D eigenvalue weighted by molar-refractivity contribution is -0.580. The molecule has 0 aromatic heterocycles. The molecule has 1 aromatic carbocycles. The summed E-state index contributed by atoms with van der Waals surface area (Å²) in [6, 6.07) is 11.2. The topological polar surface area (TPSA) is 15.4 Å². The highest BCUT2D eigenvalue weighted by Gasteiger charge is 2.49. The first kappa shape index (κ1) is 13.0. The Balaban J connectivity index is 1.60. The van der Waals surface area contributed by atoms with Gasteiger partial charge in [0.15, 0.2) is 12.6 Å². The molecule has 0 saturated heterocycles. The van der Waals surface area contributed by atoms with Gasteiger partial charge in [-0.3, -0.25) is 4.99 Å². The second kappa shape index (κ2) is 5.02. The molecule has 0 radical (unpaired) electrons. The third-order valence-electron chi connectivity index (χ3n) is 5.41. The van der Waals surface area contributed by atoms with Gasteiger partial charge in [-0.15, -0.1) is 0 Å². The van der Waals surface area contributed by atoms with Crippen LogP contribution < -0.4 is 0 Å². The van der Waals surface area contributed by atoms with Crippen LogP contribution in [0.25, 0.3) is 0 Å². The Morgan fingerprint density at radius 3 is 2.74 bits per heavy atom. The standard InChI is InChI=1S/C21H19N2/c1-2-6-15(7-3-1)13-23-14-17-9-4-10-18-20(17)21-16(12-22-18)8-5-11-19(21)23/h1-12,14,17,19-21H,13H2/q+1. The molecule has 0 amide bonds. The molecule has 0 fully saturated rings. The number of hydrogen-bond acceptors (Lipinski definition) is 1. The maximum Gasteiger partial charge on any atom is 0.179 e. The molecule has 0 bridgehead atoms. The molecule has 4 aliphatic rings. The Morgan fingerprint density at radius 1 is 0.957 bits per heavy atom. The average molecular weight is 299 g/mol. The van der Waals surface area contributed by atoms with E-state index in [2.05, 4.69) is 83.8 Å². The Kier molecular flexibility index (Phi) is 2.84. The van der Waals surface area contributed by atoms with Crippen molar-refractivity contribution in [2.24, 2.45) is 22.7 Å². The summed E-state index contributed by atoms with van der Waals surface area (Å²) >= 11 is 0. The molecule has 2 heterocycles. The van der Waals surface area contributed by atoms with Crippen molar-refractivity contribution in [3.05, 3.63) is 83.6 Å². The Labute approximate surface area is 136 Å². The largest absolute Gasteiger partial charge is 0.261 e. The SMILES string of the molecule is C1=CC2C=[N+](Cc3ccccc3)C3C=CC=C4C=NC(=C1)C2C43. The van der Waals surface area contributed by atoms with Crippen LogP contribution in [0.3, 0.4) is 0 Å². The molecule has 2 aliphatic heterocycles. The highest BCUT2D eigenvalue weighted by molar-refractivity contribution is 5.84. The second-order valence-electron chi connectivity index (χ2n) is 6.71. The van der Waals surface area contributed by atoms with Crippen LogP contribution in [0.2, 0.25) is 0 Å². The third-order valence-corrected chi connectivity index (χ3v) is 5.41. The van der Waals surface area contributed by atoms with E-state index in [-0.39, 0.29) is 0 Å². The summed E-state index contributed by atoms with van der Waals surface area (Å²) < 4.78 is 2.52. The molecule has 4 unspecified atom stereocenters. The zero-order valence-corrected chi connectivity index (χ0v) is 12.9. The van der Waals surface area contributed by atoms with Crippen molar-refractivity contribution in [2.45, 2.75) is 12.6 Å². The maximum absolute atomic E-state index is 4.71. The van der Waals surface area contributed by atoms with Gasteiger partial charge < -0.3 is 0 Å². The van der Waals surface area contributed by atoms with E-state index in [1.807, 2.05) is 0 Å². The molecule has 4 atom stereocenters. The van der Waals surface area contributed by atoms with E-state index in [1.165, 1.54) is 16.8 Å². The summed E-state index contributed by atoms with van der Waals surface area (Å²) in [6.45, 7) is 0.965. The van der Waals surface area contributed by atoms with Gasteiger partial charge in [-0.1, -0.05) is 54.6 Å². The van der Waals surface area contributed by atoms with Crippen molar-refractivity contribution in [1.29, 1.82) is 0 Å². The van der Waals surface area contributed by atoms with Crippen LogP contribution in [0.5, 0.6) is 0 Å². The molecule has 5 rings (SSSR count). The average Bonchev–Trinajstić information content (AvgIpc) is 2.61. The first-order chi connectivity index (χ1) is 11.4. The van der Waals surface area contributed by atoms with Gasteiger partial charge in [0, 0.05) is 23.4 Å². The third kappa shape index (κ3) is 2.02. The molecule has 0 N–H and O–H groups in total. The van der Waals surface area contributed by atoms with Crippen molar-refractivity contribution in [1.82, 2.24) is 0 Å². The van der Waals surface area contributed by atoms with Gasteiger partial charge in [0.05, 0.1) is 11.8 Å². The van der Waals surface area contributed by atoms with E-state index in [0.29, 0.717) is 23.8 Å². The van der Waals surface area contributed by atoms with Gasteiger partial charge >= 0.3 is 0 Å². The monoisotopic (exact) mass is 299 g/mol. The zero-order chi connectivity index (χ0) is 15.2. The number of rotatable bonds is 2. The summed E-state index contributed by atoms with van der Waals surface area (Å²) in [7, 11) is 0. The van der Waals surface area contributed by atoms with Gasteiger partial charge in [-0.25, -0.2) is 4.58 Å². The number of allylic oxidation sites excluding steroid dienone is 6. The van der Waals surface area contributed by atoms with E-state index < -0.39 is 0 Å². The van der Waals surface area contributed by atoms with Crippen molar-refractivity contribution < 1.29 is 4.58 Å². The van der Waals surface area contributed by atoms with Gasteiger partial charge in [-0.2, -0.15) is 0 Å². The Hall–Kier alpha value is -2.48. The summed E-state index contributed by atoms with van der Waals surface area (Å²) in [4.78, 5) is 4.71. The maximum atomic E-state index is 4.71. The molecule has 23 heavy (non-hydrogen) atoms. The van der Waals surface area contributed by atoms with Crippen LogP contribution in [0.4, 0.5) is 0 Å². The Bertz CT molecular complexity index is 821. The minimum Gasteiger partial charge on any atom is -0.261 e. The fourth-order valence-corrected chi connectivity index (χ4v) is 4.40. The van der Waals surface area contributed by atoms with Crippen LogP contribution in [0.1, 0.15) is 5.56 Å². The predicted octanol–water partition coefficient (Wildman–Crippen LogP) is 3.54. The van der Waals surface area contributed by atoms with Gasteiger partial charge in [-0.05, 0) is 17.7 Å². The highest BCUT2D eigenvalue weighted by atomic mass is 15.1. The molecule has 2 heteroatoms. The molecule has 2 aliphatic carbocycles. The molecule has 112 valence electrons. The van der Waals surface area contributed by atoms with Gasteiger partial charge in [0.2, 0.25) is 0 Å². The summed E-state index contributed by atoms with van der Waals surface area (Å²) in [5.41, 5.74) is 3.99. The Morgan fingerprint density at radius 2 is 1.83 bits per heavy atom. The van der Waals surface area contributed by atoms with E-state index >= 15 is 0 Å². The number of nitrogens with zero attached hydrogens (tertiary/aromatic N) is 2. The first-order valence-corrected chi connectivity index (χ1v) is 8.36. The second-order valence-corrected chi connectivity index (χ2v) is 6.71. The fraction of sp³-hybridized carbons (Fsp3) is 0.238. The van der Waals surface area contributed by atoms with Crippen LogP contribution in [0, 0.1) is 17.8 Å². The summed E-state index contributed by atoms with van der Waals surface area (Å²) in [5.74, 6) is 1.47. The van der Waals surface area contributed by atoms with E-state index in [9.17, 15) is 0 Å². The molecule has 0 spiro atoms. The number of benzene rings is 1. The minimum absolute atomic E-state index is 0.429. The van der Waals surface area contributed by atoms with E-state index in [4.69, 9.17) is 4.99 Å². The zero-order valence-electron chi connectivity index (χ0n) is 12.9. The lowest BCUT2D eigenvalue weighted by atomic mass is 9.66. The molecular weight excluding hydrogens is 280 g/mol. The van der Waals surface area contributed by atoms with Crippen molar-refractivity contribution >= 4 is 12.4 Å². The number of aliphatic imine (C=N–C) groups is 1. The smallest absolute Gasteiger partial charge is 0.179 e. The highest BCUT2D eigenvalue weighted by Crippen LogP contribution is 2.45. The van der Waals surface area contributed by atoms with Crippen molar-refractivity contribution in [2.75, 3.05) is 0 Å². The van der Waals surface area contributed by atoms with Crippen LogP contribution in [0.15, 0.2) is 83.1 Å². The summed E-state index contributed by atoms with van der Waals surface area (Å²) in [6.07, 6.45) is 18.0. The fourth-order valence-electron chi connectivity index (χ4n) is 4.40. The quantitative estimate of drug-likeness (QED) is 0.742. The predicted molar refractivity (Wildman–Crippen MR) is 93.7 cm³/mol. The minimum atomic E-state index is 0.429. The number of hydrogen-bond donors (Lipinski definition) is 0. The van der Waals surface area contributed by atoms with E-state index in [0.717, 1.165) is 6.54 Å². The normalized spacial score (nSPS) is 32.8. The summed E-state index contributed by atoms with van der Waals surface area (Å²) in [5, 5.41) is 0. The van der Waals surface area contributed by atoms with Crippen LogP contribution in [-0.4, -0.2) is 23.0 Å². The molecule has 2 nitrogen and oxygen atoms in total. The van der Waals surface area contributed by atoms with E-state index in [1.54, 1.807) is 0 Å². The van der Waals surface area contributed by atoms with Crippen molar-refractivity contribution in [3.8, 4) is 0 Å².